The fourth-order valence-electron chi connectivity index (χ4n) is 4.65. The van der Waals surface area contributed by atoms with Crippen LogP contribution in [0.3, 0.4) is 0 Å². The Kier molecular flexibility index (Phi) is 11.7. The highest BCUT2D eigenvalue weighted by Gasteiger charge is 2.25. The second-order valence-corrected chi connectivity index (χ2v) is 11.1. The summed E-state index contributed by atoms with van der Waals surface area (Å²) >= 11 is 0. The van der Waals surface area contributed by atoms with Crippen LogP contribution in [0.5, 0.6) is 0 Å². The van der Waals surface area contributed by atoms with E-state index in [1.54, 1.807) is 39.8 Å². The van der Waals surface area contributed by atoms with Crippen LogP contribution in [0.4, 0.5) is 14.9 Å². The number of esters is 1. The minimum atomic E-state index is -0.761. The SMILES string of the molecule is C=C(/C=C\C(=C/CF)N(Cc1ccc2c(c1)N(Cc1ccccc1)CCC2)C(=O)OC(C)(C)C)CCC(=O)OCC. The van der Waals surface area contributed by atoms with Crippen molar-refractivity contribution in [3.8, 4) is 0 Å². The maximum atomic E-state index is 13.7. The van der Waals surface area contributed by atoms with Gasteiger partial charge >= 0.3 is 12.1 Å². The van der Waals surface area contributed by atoms with E-state index in [1.165, 1.54) is 22.1 Å². The van der Waals surface area contributed by atoms with Crippen LogP contribution in [0.2, 0.25) is 0 Å². The second-order valence-electron chi connectivity index (χ2n) is 11.1. The first kappa shape index (κ1) is 31.7. The number of aryl methyl sites for hydroxylation is 1. The summed E-state index contributed by atoms with van der Waals surface area (Å²) in [6.45, 7) is 12.7. The Morgan fingerprint density at radius 2 is 1.83 bits per heavy atom. The van der Waals surface area contributed by atoms with Crippen LogP contribution in [0.25, 0.3) is 0 Å². The zero-order valence-electron chi connectivity index (χ0n) is 24.8. The van der Waals surface area contributed by atoms with Gasteiger partial charge in [-0.25, -0.2) is 9.18 Å². The lowest BCUT2D eigenvalue weighted by atomic mass is 9.98. The number of nitrogens with zero attached hydrogens (tertiary/aromatic N) is 2. The lowest BCUT2D eigenvalue weighted by Gasteiger charge is -2.33. The molecule has 0 spiro atoms. The highest BCUT2D eigenvalue weighted by atomic mass is 19.1. The average Bonchev–Trinajstić information content (AvgIpc) is 2.93. The molecule has 1 aliphatic heterocycles. The highest BCUT2D eigenvalue weighted by molar-refractivity contribution is 5.72. The van der Waals surface area contributed by atoms with Crippen molar-refractivity contribution in [2.24, 2.45) is 0 Å². The number of benzene rings is 2. The third kappa shape index (κ3) is 10.2. The smallest absolute Gasteiger partial charge is 0.415 e. The molecule has 0 unspecified atom stereocenters. The first-order valence-corrected chi connectivity index (χ1v) is 14.3. The van der Waals surface area contributed by atoms with Gasteiger partial charge in [-0.2, -0.15) is 0 Å². The van der Waals surface area contributed by atoms with Gasteiger partial charge in [0.15, 0.2) is 0 Å². The van der Waals surface area contributed by atoms with E-state index < -0.39 is 18.4 Å². The van der Waals surface area contributed by atoms with E-state index >= 15 is 0 Å². The topological polar surface area (TPSA) is 59.1 Å². The average molecular weight is 563 g/mol. The van der Waals surface area contributed by atoms with Crippen molar-refractivity contribution in [3.63, 3.8) is 0 Å². The molecule has 2 aromatic rings. The molecule has 6 nitrogen and oxygen atoms in total. The van der Waals surface area contributed by atoms with Crippen LogP contribution < -0.4 is 4.90 Å². The van der Waals surface area contributed by atoms with Crippen molar-refractivity contribution < 1.29 is 23.5 Å². The number of anilines is 1. The Hall–Kier alpha value is -3.87. The Bertz CT molecular complexity index is 1250. The molecular weight excluding hydrogens is 519 g/mol. The van der Waals surface area contributed by atoms with Crippen LogP contribution >= 0.6 is 0 Å². The molecule has 0 saturated heterocycles. The Labute approximate surface area is 244 Å². The zero-order valence-corrected chi connectivity index (χ0v) is 24.8. The predicted octanol–water partition coefficient (Wildman–Crippen LogP) is 7.69. The molecule has 0 aromatic heterocycles. The number of carbonyl (C=O) groups excluding carboxylic acids is 2. The second kappa shape index (κ2) is 15.2. The van der Waals surface area contributed by atoms with E-state index in [9.17, 15) is 14.0 Å². The summed E-state index contributed by atoms with van der Waals surface area (Å²) in [7, 11) is 0. The molecule has 220 valence electrons. The molecular formula is C34H43FN2O4. The van der Waals surface area contributed by atoms with Gasteiger partial charge in [-0.3, -0.25) is 9.69 Å². The molecule has 1 amide bonds. The maximum Gasteiger partial charge on any atom is 0.415 e. The van der Waals surface area contributed by atoms with Crippen molar-refractivity contribution >= 4 is 17.7 Å². The van der Waals surface area contributed by atoms with Crippen molar-refractivity contribution in [2.75, 3.05) is 24.7 Å². The van der Waals surface area contributed by atoms with Gasteiger partial charge in [0, 0.05) is 30.9 Å². The third-order valence-electron chi connectivity index (χ3n) is 6.58. The normalized spacial score (nSPS) is 13.6. The van der Waals surface area contributed by atoms with Gasteiger partial charge in [-0.05, 0) is 81.9 Å². The lowest BCUT2D eigenvalue weighted by molar-refractivity contribution is -0.143. The van der Waals surface area contributed by atoms with Gasteiger partial charge in [0.05, 0.1) is 13.2 Å². The number of rotatable bonds is 12. The van der Waals surface area contributed by atoms with E-state index in [4.69, 9.17) is 9.47 Å². The molecule has 41 heavy (non-hydrogen) atoms. The van der Waals surface area contributed by atoms with Crippen molar-refractivity contribution in [2.45, 2.75) is 72.1 Å². The Balaban J connectivity index is 1.87. The fraction of sp³-hybridized carbons (Fsp3) is 0.412. The molecule has 1 heterocycles. The predicted molar refractivity (Wildman–Crippen MR) is 162 cm³/mol. The van der Waals surface area contributed by atoms with E-state index in [0.717, 1.165) is 37.2 Å². The highest BCUT2D eigenvalue weighted by Crippen LogP contribution is 2.31. The quantitative estimate of drug-likeness (QED) is 0.196. The monoisotopic (exact) mass is 562 g/mol. The van der Waals surface area contributed by atoms with Gasteiger partial charge in [0.2, 0.25) is 0 Å². The van der Waals surface area contributed by atoms with Crippen LogP contribution in [-0.2, 0) is 33.8 Å². The van der Waals surface area contributed by atoms with E-state index in [2.05, 4.69) is 35.7 Å². The molecule has 0 atom stereocenters. The van der Waals surface area contributed by atoms with E-state index in [1.807, 2.05) is 24.3 Å². The van der Waals surface area contributed by atoms with Crippen molar-refractivity contribution in [1.29, 1.82) is 0 Å². The van der Waals surface area contributed by atoms with Crippen molar-refractivity contribution in [1.82, 2.24) is 4.90 Å². The number of ether oxygens (including phenoxy) is 2. The molecule has 0 radical (unpaired) electrons. The lowest BCUT2D eigenvalue weighted by Crippen LogP contribution is -2.36. The molecule has 0 aliphatic carbocycles. The molecule has 0 bridgehead atoms. The number of hydrogen-bond acceptors (Lipinski definition) is 5. The van der Waals surface area contributed by atoms with Gasteiger partial charge in [0.25, 0.3) is 0 Å². The molecule has 0 N–H and O–H groups in total. The molecule has 0 saturated carbocycles. The summed E-state index contributed by atoms with van der Waals surface area (Å²) in [5.74, 6) is -0.300. The number of halogens is 1. The van der Waals surface area contributed by atoms with E-state index in [0.29, 0.717) is 24.3 Å². The standard InChI is InChI=1S/C34H43FN2O4/c1-6-40-32(38)19-15-26(2)14-18-30(20-21-35)37(33(39)41-34(3,4)5)25-28-16-17-29-13-10-22-36(31(29)23-28)24-27-11-8-7-9-12-27/h7-9,11-12,14,16-18,20,23H,2,6,10,13,15,19,21-22,24-25H2,1,3-5H3/b18-14-,30-20+. The van der Waals surface area contributed by atoms with Crippen LogP contribution in [0, 0.1) is 0 Å². The molecule has 3 rings (SSSR count). The van der Waals surface area contributed by atoms with E-state index in [-0.39, 0.29) is 18.9 Å². The number of carbonyl (C=O) groups is 2. The molecule has 1 aliphatic rings. The maximum absolute atomic E-state index is 13.7. The van der Waals surface area contributed by atoms with Gasteiger partial charge in [0.1, 0.15) is 12.3 Å². The summed E-state index contributed by atoms with van der Waals surface area (Å²) in [6, 6.07) is 16.7. The van der Waals surface area contributed by atoms with Crippen LogP contribution in [0.15, 0.2) is 84.6 Å². The van der Waals surface area contributed by atoms with Crippen LogP contribution in [-0.4, -0.2) is 42.4 Å². The Morgan fingerprint density at radius 1 is 1.07 bits per heavy atom. The summed E-state index contributed by atoms with van der Waals surface area (Å²) in [5.41, 5.74) is 4.87. The van der Waals surface area contributed by atoms with Gasteiger partial charge in [-0.15, -0.1) is 0 Å². The first-order chi connectivity index (χ1) is 19.6. The minimum Gasteiger partial charge on any atom is -0.466 e. The number of allylic oxidation sites excluding steroid dienone is 4. The molecule has 0 fully saturated rings. The zero-order chi connectivity index (χ0) is 29.8. The first-order valence-electron chi connectivity index (χ1n) is 14.3. The molecule has 2 aromatic carbocycles. The largest absolute Gasteiger partial charge is 0.466 e. The number of fused-ring (bicyclic) bond motifs is 1. The summed E-state index contributed by atoms with van der Waals surface area (Å²) in [6.07, 6.45) is 6.80. The Morgan fingerprint density at radius 3 is 2.51 bits per heavy atom. The fourth-order valence-corrected chi connectivity index (χ4v) is 4.65. The van der Waals surface area contributed by atoms with Crippen molar-refractivity contribution in [3.05, 3.63) is 101 Å². The summed E-state index contributed by atoms with van der Waals surface area (Å²) in [5, 5.41) is 0. The molecule has 7 heteroatoms. The third-order valence-corrected chi connectivity index (χ3v) is 6.58. The number of amides is 1. The summed E-state index contributed by atoms with van der Waals surface area (Å²) < 4.78 is 24.4. The summed E-state index contributed by atoms with van der Waals surface area (Å²) in [4.78, 5) is 29.0. The van der Waals surface area contributed by atoms with Crippen LogP contribution in [0.1, 0.15) is 63.6 Å². The number of hydrogen-bond donors (Lipinski definition) is 0. The minimum absolute atomic E-state index is 0.198. The number of alkyl halides is 1. The van der Waals surface area contributed by atoms with Gasteiger partial charge in [-0.1, -0.05) is 60.7 Å². The van der Waals surface area contributed by atoms with Gasteiger partial charge < -0.3 is 14.4 Å².